The van der Waals surface area contributed by atoms with Gasteiger partial charge in [0.2, 0.25) is 11.2 Å². The van der Waals surface area contributed by atoms with E-state index in [2.05, 4.69) is 0 Å². The minimum absolute atomic E-state index is 0.00794. The highest BCUT2D eigenvalue weighted by Crippen LogP contribution is 2.38. The molecule has 5 nitrogen and oxygen atoms in total. The zero-order valence-corrected chi connectivity index (χ0v) is 14.1. The Morgan fingerprint density at radius 2 is 1.81 bits per heavy atom. The second kappa shape index (κ2) is 6.96. The van der Waals surface area contributed by atoms with Crippen LogP contribution in [0.15, 0.2) is 51.7 Å². The van der Waals surface area contributed by atoms with Crippen molar-refractivity contribution >= 4 is 28.5 Å². The summed E-state index contributed by atoms with van der Waals surface area (Å²) in [5, 5.41) is 8.81. The van der Waals surface area contributed by atoms with Gasteiger partial charge in [-0.2, -0.15) is 13.2 Å². The minimum Gasteiger partial charge on any atom is -0.482 e. The van der Waals surface area contributed by atoms with Crippen LogP contribution in [0.3, 0.4) is 0 Å². The number of hydrogen-bond acceptors (Lipinski definition) is 4. The van der Waals surface area contributed by atoms with Crippen molar-refractivity contribution in [3.8, 4) is 16.9 Å². The third-order valence-electron chi connectivity index (χ3n) is 3.62. The number of carbonyl (C=O) groups is 1. The Hall–Kier alpha value is -3.00. The van der Waals surface area contributed by atoms with E-state index in [9.17, 15) is 22.8 Å². The van der Waals surface area contributed by atoms with Gasteiger partial charge in [0.1, 0.15) is 11.3 Å². The van der Waals surface area contributed by atoms with Crippen LogP contribution in [-0.2, 0) is 11.0 Å². The Morgan fingerprint density at radius 3 is 2.41 bits per heavy atom. The number of aliphatic carboxylic acids is 1. The molecule has 0 spiro atoms. The van der Waals surface area contributed by atoms with Gasteiger partial charge in [-0.05, 0) is 29.8 Å². The molecule has 0 aliphatic rings. The van der Waals surface area contributed by atoms with Crippen LogP contribution < -0.4 is 10.2 Å². The summed E-state index contributed by atoms with van der Waals surface area (Å²) in [6.07, 6.45) is -4.93. The maximum Gasteiger partial charge on any atom is 0.450 e. The molecular weight excluding hydrogens is 389 g/mol. The van der Waals surface area contributed by atoms with Crippen molar-refractivity contribution in [1.29, 1.82) is 0 Å². The Morgan fingerprint density at radius 1 is 1.15 bits per heavy atom. The fourth-order valence-corrected chi connectivity index (χ4v) is 2.61. The zero-order valence-electron chi connectivity index (χ0n) is 13.3. The summed E-state index contributed by atoms with van der Waals surface area (Å²) in [6.45, 7) is -0.690. The number of benzene rings is 2. The van der Waals surface area contributed by atoms with E-state index in [-0.39, 0.29) is 22.3 Å². The molecule has 0 radical (unpaired) electrons. The van der Waals surface area contributed by atoms with Crippen LogP contribution in [0.1, 0.15) is 5.76 Å². The summed E-state index contributed by atoms with van der Waals surface area (Å²) < 4.78 is 50.4. The summed E-state index contributed by atoms with van der Waals surface area (Å²) in [5.41, 5.74) is -1.87. The van der Waals surface area contributed by atoms with Crippen LogP contribution in [0.25, 0.3) is 22.1 Å². The highest BCUT2D eigenvalue weighted by atomic mass is 35.5. The monoisotopic (exact) mass is 398 g/mol. The van der Waals surface area contributed by atoms with Crippen LogP contribution in [0.5, 0.6) is 5.75 Å². The molecule has 0 atom stereocenters. The molecule has 3 aromatic rings. The highest BCUT2D eigenvalue weighted by Gasteiger charge is 2.39. The van der Waals surface area contributed by atoms with Gasteiger partial charge in [0.25, 0.3) is 0 Å². The molecular formula is C18H10ClF3O5. The predicted molar refractivity (Wildman–Crippen MR) is 91.1 cm³/mol. The van der Waals surface area contributed by atoms with E-state index >= 15 is 0 Å². The molecule has 0 aliphatic heterocycles. The summed E-state index contributed by atoms with van der Waals surface area (Å²) in [6, 6.07) is 8.85. The van der Waals surface area contributed by atoms with Crippen molar-refractivity contribution in [2.24, 2.45) is 0 Å². The maximum atomic E-state index is 13.5. The summed E-state index contributed by atoms with van der Waals surface area (Å²) in [7, 11) is 0. The van der Waals surface area contributed by atoms with Gasteiger partial charge in [0.15, 0.2) is 6.61 Å². The van der Waals surface area contributed by atoms with E-state index < -0.39 is 35.5 Å². The van der Waals surface area contributed by atoms with Gasteiger partial charge in [-0.1, -0.05) is 23.7 Å². The number of rotatable bonds is 4. The molecule has 0 fully saturated rings. The lowest BCUT2D eigenvalue weighted by Gasteiger charge is -2.13. The average molecular weight is 399 g/mol. The van der Waals surface area contributed by atoms with E-state index in [1.807, 2.05) is 0 Å². The SMILES string of the molecule is O=C(O)COc1ccc2c(=O)c(-c3ccc(Cl)cc3)c(C(F)(F)F)oc2c1. The molecule has 1 aromatic heterocycles. The minimum atomic E-state index is -4.93. The van der Waals surface area contributed by atoms with Crippen molar-refractivity contribution in [1.82, 2.24) is 0 Å². The van der Waals surface area contributed by atoms with Gasteiger partial charge < -0.3 is 14.3 Å². The third-order valence-corrected chi connectivity index (χ3v) is 3.87. The van der Waals surface area contributed by atoms with Crippen molar-refractivity contribution in [2.75, 3.05) is 6.61 Å². The van der Waals surface area contributed by atoms with Crippen molar-refractivity contribution in [3.05, 3.63) is 63.5 Å². The Bertz CT molecular complexity index is 1070. The lowest BCUT2D eigenvalue weighted by molar-refractivity contribution is -0.152. The van der Waals surface area contributed by atoms with E-state index in [1.54, 1.807) is 0 Å². The predicted octanol–water partition coefficient (Wildman–Crippen LogP) is 4.60. The molecule has 0 saturated heterocycles. The van der Waals surface area contributed by atoms with Gasteiger partial charge in [0, 0.05) is 11.1 Å². The first kappa shape index (κ1) is 18.8. The lowest BCUT2D eigenvalue weighted by Crippen LogP contribution is -2.16. The van der Waals surface area contributed by atoms with Crippen molar-refractivity contribution < 1.29 is 32.2 Å². The molecule has 0 amide bonds. The first-order chi connectivity index (χ1) is 12.7. The molecule has 27 heavy (non-hydrogen) atoms. The Kier molecular flexibility index (Phi) is 4.84. The van der Waals surface area contributed by atoms with Crippen LogP contribution in [0, 0.1) is 0 Å². The average Bonchev–Trinajstić information content (AvgIpc) is 2.60. The second-order valence-corrected chi connectivity index (χ2v) is 5.92. The number of alkyl halides is 3. The second-order valence-electron chi connectivity index (χ2n) is 5.48. The standard InChI is InChI=1S/C18H10ClF3O5/c19-10-3-1-9(2-4-10)15-16(25)12-6-5-11(26-8-14(23)24)7-13(12)27-17(15)18(20,21)22/h1-7H,8H2,(H,23,24). The molecule has 3 rings (SSSR count). The van der Waals surface area contributed by atoms with E-state index in [0.29, 0.717) is 5.02 Å². The third kappa shape index (κ3) is 3.90. The Labute approximate surface area is 154 Å². The number of carboxylic acid groups (broad SMARTS) is 1. The lowest BCUT2D eigenvalue weighted by atomic mass is 10.0. The maximum absolute atomic E-state index is 13.5. The van der Waals surface area contributed by atoms with E-state index in [4.69, 9.17) is 25.9 Å². The molecule has 9 heteroatoms. The zero-order chi connectivity index (χ0) is 19.8. The number of halogens is 4. The molecule has 0 saturated carbocycles. The normalized spacial score (nSPS) is 11.6. The van der Waals surface area contributed by atoms with Gasteiger partial charge in [-0.15, -0.1) is 0 Å². The molecule has 140 valence electrons. The number of hydrogen-bond donors (Lipinski definition) is 1. The van der Waals surface area contributed by atoms with Gasteiger partial charge in [-0.3, -0.25) is 4.79 Å². The van der Waals surface area contributed by atoms with Crippen LogP contribution in [0.2, 0.25) is 5.02 Å². The summed E-state index contributed by atoms with van der Waals surface area (Å²) in [5.74, 6) is -2.76. The quantitative estimate of drug-likeness (QED) is 0.695. The number of carboxylic acids is 1. The van der Waals surface area contributed by atoms with E-state index in [1.165, 1.54) is 36.4 Å². The smallest absolute Gasteiger partial charge is 0.450 e. The molecule has 0 unspecified atom stereocenters. The molecule has 2 aromatic carbocycles. The fraction of sp³-hybridized carbons (Fsp3) is 0.111. The summed E-state index contributed by atoms with van der Waals surface area (Å²) in [4.78, 5) is 23.3. The topological polar surface area (TPSA) is 76.7 Å². The van der Waals surface area contributed by atoms with Crippen LogP contribution >= 0.6 is 11.6 Å². The van der Waals surface area contributed by atoms with Gasteiger partial charge in [-0.25, -0.2) is 4.79 Å². The molecule has 1 heterocycles. The first-order valence-corrected chi connectivity index (χ1v) is 7.83. The first-order valence-electron chi connectivity index (χ1n) is 7.45. The largest absolute Gasteiger partial charge is 0.482 e. The van der Waals surface area contributed by atoms with Crippen LogP contribution in [0.4, 0.5) is 13.2 Å². The van der Waals surface area contributed by atoms with Gasteiger partial charge in [0.05, 0.1) is 10.9 Å². The molecule has 1 N–H and O–H groups in total. The Balaban J connectivity index is 2.24. The van der Waals surface area contributed by atoms with Crippen molar-refractivity contribution in [3.63, 3.8) is 0 Å². The number of fused-ring (bicyclic) bond motifs is 1. The molecule has 0 bridgehead atoms. The van der Waals surface area contributed by atoms with E-state index in [0.717, 1.165) is 6.07 Å². The van der Waals surface area contributed by atoms with Gasteiger partial charge >= 0.3 is 12.1 Å². The fourth-order valence-electron chi connectivity index (χ4n) is 2.49. The van der Waals surface area contributed by atoms with Crippen molar-refractivity contribution in [2.45, 2.75) is 6.18 Å². The highest BCUT2D eigenvalue weighted by molar-refractivity contribution is 6.30. The van der Waals surface area contributed by atoms with Crippen LogP contribution in [-0.4, -0.2) is 17.7 Å². The number of ether oxygens (including phenoxy) is 1. The molecule has 0 aliphatic carbocycles. The summed E-state index contributed by atoms with van der Waals surface area (Å²) >= 11 is 5.75.